The van der Waals surface area contributed by atoms with Crippen LogP contribution in [0.4, 0.5) is 17.5 Å². The number of nitrogen functional groups attached to an aromatic ring is 1. The molecule has 1 aliphatic heterocycles. The van der Waals surface area contributed by atoms with Crippen molar-refractivity contribution in [1.82, 2.24) is 15.0 Å². The normalized spacial score (nSPS) is 13.9. The molecule has 1 aliphatic rings. The second kappa shape index (κ2) is 9.67. The van der Waals surface area contributed by atoms with Crippen LogP contribution in [0.15, 0.2) is 24.4 Å². The molecule has 3 N–H and O–H groups in total. The summed E-state index contributed by atoms with van der Waals surface area (Å²) >= 11 is 12.6. The number of nitrogens with zero attached hydrogens (tertiary/aromatic N) is 4. The molecule has 2 aromatic heterocycles. The first kappa shape index (κ1) is 25.3. The van der Waals surface area contributed by atoms with Gasteiger partial charge in [0.25, 0.3) is 0 Å². The Morgan fingerprint density at radius 3 is 2.57 bits per heavy atom. The van der Waals surface area contributed by atoms with E-state index in [1.807, 2.05) is 32.9 Å². The van der Waals surface area contributed by atoms with E-state index in [-0.39, 0.29) is 22.7 Å². The third-order valence-electron chi connectivity index (χ3n) is 5.56. The van der Waals surface area contributed by atoms with E-state index in [1.54, 1.807) is 12.3 Å². The Kier molecular flexibility index (Phi) is 6.99. The van der Waals surface area contributed by atoms with Gasteiger partial charge in [-0.05, 0) is 42.2 Å². The summed E-state index contributed by atoms with van der Waals surface area (Å²) in [6.45, 7) is 7.58. The van der Waals surface area contributed by atoms with Crippen LogP contribution < -0.4 is 20.1 Å². The van der Waals surface area contributed by atoms with Crippen molar-refractivity contribution in [2.45, 2.75) is 33.2 Å². The Bertz CT molecular complexity index is 1400. The van der Waals surface area contributed by atoms with Gasteiger partial charge in [-0.15, -0.1) is 0 Å². The molecule has 0 aliphatic carbocycles. The van der Waals surface area contributed by atoms with Gasteiger partial charge in [0, 0.05) is 29.4 Å². The molecule has 4 rings (SSSR count). The number of rotatable bonds is 5. The first-order valence-electron chi connectivity index (χ1n) is 10.9. The van der Waals surface area contributed by atoms with Crippen LogP contribution in [0.2, 0.25) is 10.3 Å². The van der Waals surface area contributed by atoms with Crippen molar-refractivity contribution in [2.75, 3.05) is 34.8 Å². The highest BCUT2D eigenvalue weighted by Gasteiger charge is 2.25. The van der Waals surface area contributed by atoms with Gasteiger partial charge < -0.3 is 15.4 Å². The maximum atomic E-state index is 11.7. The first-order chi connectivity index (χ1) is 16.4. The number of sulfonamides is 1. The zero-order valence-electron chi connectivity index (χ0n) is 19.8. The fourth-order valence-electron chi connectivity index (χ4n) is 4.12. The molecule has 3 heterocycles. The molecule has 0 saturated heterocycles. The van der Waals surface area contributed by atoms with E-state index in [1.165, 1.54) is 0 Å². The van der Waals surface area contributed by atoms with Crippen LogP contribution in [0.1, 0.15) is 36.5 Å². The molecule has 0 saturated carbocycles. The Morgan fingerprint density at radius 2 is 1.89 bits per heavy atom. The van der Waals surface area contributed by atoms with E-state index < -0.39 is 10.0 Å². The van der Waals surface area contributed by atoms with E-state index in [4.69, 9.17) is 33.7 Å². The number of pyridine rings is 1. The minimum absolute atomic E-state index is 0.0691. The van der Waals surface area contributed by atoms with Crippen molar-refractivity contribution >= 4 is 50.7 Å². The lowest BCUT2D eigenvalue weighted by Gasteiger charge is -2.25. The van der Waals surface area contributed by atoms with Crippen LogP contribution in [0, 0.1) is 6.92 Å². The lowest BCUT2D eigenvalue weighted by molar-refractivity contribution is 0.329. The average Bonchev–Trinajstić information content (AvgIpc) is 2.96. The van der Waals surface area contributed by atoms with Gasteiger partial charge in [0.2, 0.25) is 16.0 Å². The minimum Gasteiger partial charge on any atom is -0.491 e. The maximum Gasteiger partial charge on any atom is 0.229 e. The van der Waals surface area contributed by atoms with Crippen LogP contribution in [-0.2, 0) is 16.6 Å². The zero-order valence-corrected chi connectivity index (χ0v) is 22.1. The SMILES string of the molecule is Cc1cc(-c2cnc(Cl)c(NS(C)(=O)=O)c2)cc2c1OCCN(c1nc(N)nc(Cl)c1C(C)C)C2. The quantitative estimate of drug-likeness (QED) is 0.357. The van der Waals surface area contributed by atoms with Crippen LogP contribution in [0.5, 0.6) is 5.75 Å². The highest BCUT2D eigenvalue weighted by molar-refractivity contribution is 7.92. The molecule has 0 atom stereocenters. The summed E-state index contributed by atoms with van der Waals surface area (Å²) in [5.74, 6) is 1.69. The second-order valence-electron chi connectivity index (χ2n) is 8.75. The molecule has 186 valence electrons. The smallest absolute Gasteiger partial charge is 0.229 e. The fourth-order valence-corrected chi connectivity index (χ4v) is 5.27. The summed E-state index contributed by atoms with van der Waals surface area (Å²) < 4.78 is 32.0. The van der Waals surface area contributed by atoms with E-state index in [0.29, 0.717) is 36.2 Å². The van der Waals surface area contributed by atoms with Crippen molar-refractivity contribution in [3.8, 4) is 16.9 Å². The van der Waals surface area contributed by atoms with Gasteiger partial charge in [0.05, 0.1) is 18.5 Å². The Labute approximate surface area is 214 Å². The largest absolute Gasteiger partial charge is 0.491 e. The minimum atomic E-state index is -3.52. The molecular weight excluding hydrogens is 511 g/mol. The predicted molar refractivity (Wildman–Crippen MR) is 140 cm³/mol. The van der Waals surface area contributed by atoms with E-state index in [0.717, 1.165) is 34.3 Å². The lowest BCUT2D eigenvalue weighted by Crippen LogP contribution is -2.28. The van der Waals surface area contributed by atoms with Crippen LogP contribution in [0.25, 0.3) is 11.1 Å². The highest BCUT2D eigenvalue weighted by atomic mass is 35.5. The van der Waals surface area contributed by atoms with Gasteiger partial charge in [-0.1, -0.05) is 37.0 Å². The summed E-state index contributed by atoms with van der Waals surface area (Å²) in [6.07, 6.45) is 2.67. The summed E-state index contributed by atoms with van der Waals surface area (Å²) in [5.41, 5.74) is 10.4. The molecule has 0 fully saturated rings. The van der Waals surface area contributed by atoms with Gasteiger partial charge in [0.1, 0.15) is 23.3 Å². The zero-order chi connectivity index (χ0) is 25.5. The van der Waals surface area contributed by atoms with Crippen LogP contribution >= 0.6 is 23.2 Å². The monoisotopic (exact) mass is 536 g/mol. The second-order valence-corrected chi connectivity index (χ2v) is 11.2. The average molecular weight is 537 g/mol. The van der Waals surface area contributed by atoms with E-state index >= 15 is 0 Å². The van der Waals surface area contributed by atoms with E-state index in [9.17, 15) is 8.42 Å². The molecule has 0 radical (unpaired) electrons. The number of hydrogen-bond acceptors (Lipinski definition) is 8. The number of halogens is 2. The molecule has 9 nitrogen and oxygen atoms in total. The molecule has 3 aromatic rings. The number of benzene rings is 1. The number of nitrogens with one attached hydrogen (secondary N) is 1. The number of ether oxygens (including phenoxy) is 1. The van der Waals surface area contributed by atoms with Crippen molar-refractivity contribution in [3.05, 3.63) is 51.4 Å². The topological polar surface area (TPSA) is 123 Å². The third-order valence-corrected chi connectivity index (χ3v) is 6.74. The predicted octanol–water partition coefficient (Wildman–Crippen LogP) is 4.63. The molecule has 0 unspecified atom stereocenters. The molecule has 35 heavy (non-hydrogen) atoms. The molecular formula is C23H26Cl2N6O3S. The van der Waals surface area contributed by atoms with Gasteiger partial charge in [-0.25, -0.2) is 18.4 Å². The van der Waals surface area contributed by atoms with Crippen molar-refractivity contribution in [3.63, 3.8) is 0 Å². The fraction of sp³-hybridized carbons (Fsp3) is 0.348. The number of hydrogen-bond donors (Lipinski definition) is 2. The number of fused-ring (bicyclic) bond motifs is 1. The molecule has 0 bridgehead atoms. The lowest BCUT2D eigenvalue weighted by atomic mass is 9.99. The molecule has 1 aromatic carbocycles. The molecule has 0 spiro atoms. The summed E-state index contributed by atoms with van der Waals surface area (Å²) in [6, 6.07) is 5.63. The first-order valence-corrected chi connectivity index (χ1v) is 13.6. The highest BCUT2D eigenvalue weighted by Crippen LogP contribution is 2.38. The number of anilines is 3. The summed E-state index contributed by atoms with van der Waals surface area (Å²) in [5, 5.41) is 0.413. The van der Waals surface area contributed by atoms with Gasteiger partial charge in [0.15, 0.2) is 5.15 Å². The Balaban J connectivity index is 1.77. The van der Waals surface area contributed by atoms with Crippen molar-refractivity contribution < 1.29 is 13.2 Å². The van der Waals surface area contributed by atoms with Gasteiger partial charge in [-0.2, -0.15) is 4.98 Å². The third kappa shape index (κ3) is 5.55. The summed E-state index contributed by atoms with van der Waals surface area (Å²) in [7, 11) is -3.52. The Hall–Kier alpha value is -2.82. The number of nitrogens with two attached hydrogens (primary N) is 1. The Morgan fingerprint density at radius 1 is 1.14 bits per heavy atom. The van der Waals surface area contributed by atoms with Gasteiger partial charge >= 0.3 is 0 Å². The molecule has 12 heteroatoms. The standard InChI is InChI=1S/C23H26Cl2N6O3S/c1-12(2)18-21(25)28-23(26)29-22(18)31-5-6-34-19-13(3)7-14(8-16(19)11-31)15-9-17(20(24)27-10-15)30-35(4,32)33/h7-10,12,30H,5-6,11H2,1-4H3,(H2,26,28,29). The van der Waals surface area contributed by atoms with Crippen LogP contribution in [0.3, 0.4) is 0 Å². The number of aryl methyl sites for hydroxylation is 1. The van der Waals surface area contributed by atoms with Crippen LogP contribution in [-0.4, -0.2) is 42.8 Å². The molecule has 0 amide bonds. The van der Waals surface area contributed by atoms with E-state index in [2.05, 4.69) is 24.6 Å². The van der Waals surface area contributed by atoms with Gasteiger partial charge in [-0.3, -0.25) is 4.72 Å². The summed E-state index contributed by atoms with van der Waals surface area (Å²) in [4.78, 5) is 14.9. The number of aromatic nitrogens is 3. The van der Waals surface area contributed by atoms with Crippen molar-refractivity contribution in [1.29, 1.82) is 0 Å². The maximum absolute atomic E-state index is 11.7. The van der Waals surface area contributed by atoms with Crippen molar-refractivity contribution in [2.24, 2.45) is 0 Å².